The molecular weight excluding hydrogens is 271 g/mol. The van der Waals surface area contributed by atoms with E-state index in [1.807, 2.05) is 0 Å². The van der Waals surface area contributed by atoms with E-state index in [2.05, 4.69) is 10.6 Å². The summed E-state index contributed by atoms with van der Waals surface area (Å²) in [5.74, 6) is 0.389. The molecule has 0 spiro atoms. The summed E-state index contributed by atoms with van der Waals surface area (Å²) in [5.41, 5.74) is 0.860. The lowest BCUT2D eigenvalue weighted by molar-refractivity contribution is -0.121. The van der Waals surface area contributed by atoms with E-state index >= 15 is 0 Å². The lowest BCUT2D eigenvalue weighted by atomic mass is 10.0. The number of nitrogens with one attached hydrogen (secondary N) is 2. The van der Waals surface area contributed by atoms with Crippen LogP contribution in [0.1, 0.15) is 30.9 Å². The number of amides is 1. The molecule has 2 rings (SSSR count). The molecule has 0 aliphatic carbocycles. The first-order chi connectivity index (χ1) is 10.2. The van der Waals surface area contributed by atoms with Crippen LogP contribution in [0.25, 0.3) is 0 Å². The van der Waals surface area contributed by atoms with Crippen LogP contribution in [0.15, 0.2) is 24.3 Å². The molecular formula is C16H23FN2O2. The molecule has 1 heterocycles. The Bertz CT molecular complexity index is 444. The number of methoxy groups -OCH3 is 1. The van der Waals surface area contributed by atoms with Gasteiger partial charge in [-0.05, 0) is 49.5 Å². The molecule has 116 valence electrons. The molecule has 2 atom stereocenters. The average Bonchev–Trinajstić information content (AvgIpc) is 3.01. The van der Waals surface area contributed by atoms with Gasteiger partial charge >= 0.3 is 0 Å². The molecule has 0 bridgehead atoms. The molecule has 2 N–H and O–H groups in total. The summed E-state index contributed by atoms with van der Waals surface area (Å²) in [5, 5.41) is 6.19. The number of benzene rings is 1. The van der Waals surface area contributed by atoms with Gasteiger partial charge in [-0.2, -0.15) is 0 Å². The molecule has 2 unspecified atom stereocenters. The van der Waals surface area contributed by atoms with Crippen LogP contribution in [-0.2, 0) is 9.53 Å². The average molecular weight is 294 g/mol. The number of hydrogen-bond acceptors (Lipinski definition) is 3. The van der Waals surface area contributed by atoms with Crippen molar-refractivity contribution in [1.29, 1.82) is 0 Å². The molecule has 5 heteroatoms. The first kappa shape index (κ1) is 15.9. The van der Waals surface area contributed by atoms with Gasteiger partial charge in [0.1, 0.15) is 5.82 Å². The third kappa shape index (κ3) is 5.10. The van der Waals surface area contributed by atoms with Gasteiger partial charge in [-0.25, -0.2) is 4.39 Å². The van der Waals surface area contributed by atoms with E-state index in [1.54, 1.807) is 19.2 Å². The van der Waals surface area contributed by atoms with Gasteiger partial charge in [-0.3, -0.25) is 4.79 Å². The Hall–Kier alpha value is -1.46. The van der Waals surface area contributed by atoms with E-state index in [-0.39, 0.29) is 17.8 Å². The Kier molecular flexibility index (Phi) is 6.14. The van der Waals surface area contributed by atoms with Crippen LogP contribution in [0.2, 0.25) is 0 Å². The SMILES string of the molecule is COC(CNC(=O)CCC1CCNC1)c1ccc(F)cc1. The predicted molar refractivity (Wildman–Crippen MR) is 79.4 cm³/mol. The summed E-state index contributed by atoms with van der Waals surface area (Å²) in [6.07, 6.45) is 2.38. The Labute approximate surface area is 125 Å². The molecule has 1 saturated heterocycles. The van der Waals surface area contributed by atoms with E-state index in [0.29, 0.717) is 18.9 Å². The molecule has 1 aromatic carbocycles. The minimum absolute atomic E-state index is 0.0473. The second-order valence-corrected chi connectivity index (χ2v) is 5.48. The fourth-order valence-corrected chi connectivity index (χ4v) is 2.61. The highest BCUT2D eigenvalue weighted by atomic mass is 19.1. The second-order valence-electron chi connectivity index (χ2n) is 5.48. The van der Waals surface area contributed by atoms with Crippen LogP contribution in [-0.4, -0.2) is 32.7 Å². The van der Waals surface area contributed by atoms with Crippen LogP contribution in [0.5, 0.6) is 0 Å². The minimum atomic E-state index is -0.275. The zero-order valence-electron chi connectivity index (χ0n) is 12.4. The summed E-state index contributed by atoms with van der Waals surface area (Å²) < 4.78 is 18.3. The van der Waals surface area contributed by atoms with Crippen molar-refractivity contribution in [3.05, 3.63) is 35.6 Å². The Morgan fingerprint density at radius 1 is 1.48 bits per heavy atom. The smallest absolute Gasteiger partial charge is 0.220 e. The fourth-order valence-electron chi connectivity index (χ4n) is 2.61. The normalized spacial score (nSPS) is 19.4. The maximum atomic E-state index is 12.9. The fraction of sp³-hybridized carbons (Fsp3) is 0.562. The van der Waals surface area contributed by atoms with Crippen LogP contribution in [0.3, 0.4) is 0 Å². The highest BCUT2D eigenvalue weighted by molar-refractivity contribution is 5.75. The molecule has 0 saturated carbocycles. The van der Waals surface area contributed by atoms with Crippen LogP contribution in [0, 0.1) is 11.7 Å². The maximum Gasteiger partial charge on any atom is 0.220 e. The summed E-state index contributed by atoms with van der Waals surface area (Å²) in [6.45, 7) is 2.48. The molecule has 21 heavy (non-hydrogen) atoms. The van der Waals surface area contributed by atoms with Gasteiger partial charge < -0.3 is 15.4 Å². The van der Waals surface area contributed by atoms with Gasteiger partial charge in [0.2, 0.25) is 5.91 Å². The topological polar surface area (TPSA) is 50.4 Å². The monoisotopic (exact) mass is 294 g/mol. The predicted octanol–water partition coefficient (Wildman–Crippen LogP) is 2.02. The van der Waals surface area contributed by atoms with Crippen molar-refractivity contribution < 1.29 is 13.9 Å². The van der Waals surface area contributed by atoms with E-state index < -0.39 is 0 Å². The highest BCUT2D eigenvalue weighted by Crippen LogP contribution is 2.17. The Balaban J connectivity index is 1.74. The summed E-state index contributed by atoms with van der Waals surface area (Å²) in [4.78, 5) is 11.9. The van der Waals surface area contributed by atoms with E-state index in [4.69, 9.17) is 4.74 Å². The van der Waals surface area contributed by atoms with Gasteiger partial charge in [0.25, 0.3) is 0 Å². The van der Waals surface area contributed by atoms with Gasteiger partial charge in [-0.1, -0.05) is 12.1 Å². The molecule has 1 fully saturated rings. The van der Waals surface area contributed by atoms with Crippen molar-refractivity contribution in [3.63, 3.8) is 0 Å². The molecule has 1 aliphatic heterocycles. The molecule has 1 aliphatic rings. The zero-order valence-corrected chi connectivity index (χ0v) is 12.4. The van der Waals surface area contributed by atoms with Crippen molar-refractivity contribution in [2.75, 3.05) is 26.7 Å². The standard InChI is InChI=1S/C16H23FN2O2/c1-21-15(13-3-5-14(17)6-4-13)11-19-16(20)7-2-12-8-9-18-10-12/h3-6,12,15,18H,2,7-11H2,1H3,(H,19,20). The number of rotatable bonds is 7. The van der Waals surface area contributed by atoms with Crippen LogP contribution in [0.4, 0.5) is 4.39 Å². The molecule has 1 amide bonds. The van der Waals surface area contributed by atoms with E-state index in [1.165, 1.54) is 12.1 Å². The van der Waals surface area contributed by atoms with E-state index in [0.717, 1.165) is 31.5 Å². The van der Waals surface area contributed by atoms with E-state index in [9.17, 15) is 9.18 Å². The van der Waals surface area contributed by atoms with Crippen molar-refractivity contribution in [1.82, 2.24) is 10.6 Å². The maximum absolute atomic E-state index is 12.9. The third-order valence-electron chi connectivity index (χ3n) is 3.95. The summed E-state index contributed by atoms with van der Waals surface area (Å²) in [6, 6.07) is 6.16. The second kappa shape index (κ2) is 8.10. The first-order valence-electron chi connectivity index (χ1n) is 7.44. The highest BCUT2D eigenvalue weighted by Gasteiger charge is 2.16. The lowest BCUT2D eigenvalue weighted by Gasteiger charge is -2.17. The number of hydrogen-bond donors (Lipinski definition) is 2. The molecule has 0 radical (unpaired) electrons. The largest absolute Gasteiger partial charge is 0.375 e. The lowest BCUT2D eigenvalue weighted by Crippen LogP contribution is -2.29. The zero-order chi connectivity index (χ0) is 15.1. The van der Waals surface area contributed by atoms with Crippen LogP contribution < -0.4 is 10.6 Å². The Morgan fingerprint density at radius 2 is 2.24 bits per heavy atom. The number of ether oxygens (including phenoxy) is 1. The quantitative estimate of drug-likeness (QED) is 0.809. The van der Waals surface area contributed by atoms with Gasteiger partial charge in [0, 0.05) is 20.1 Å². The van der Waals surface area contributed by atoms with Crippen molar-refractivity contribution in [2.45, 2.75) is 25.4 Å². The summed E-state index contributed by atoms with van der Waals surface area (Å²) >= 11 is 0. The van der Waals surface area contributed by atoms with Crippen LogP contribution >= 0.6 is 0 Å². The number of carbonyl (C=O) groups excluding carboxylic acids is 1. The van der Waals surface area contributed by atoms with Crippen molar-refractivity contribution >= 4 is 5.91 Å². The Morgan fingerprint density at radius 3 is 2.86 bits per heavy atom. The van der Waals surface area contributed by atoms with Crippen molar-refractivity contribution in [2.24, 2.45) is 5.92 Å². The van der Waals surface area contributed by atoms with Gasteiger partial charge in [0.15, 0.2) is 0 Å². The third-order valence-corrected chi connectivity index (χ3v) is 3.95. The molecule has 1 aromatic rings. The molecule has 0 aromatic heterocycles. The van der Waals surface area contributed by atoms with Crippen molar-refractivity contribution in [3.8, 4) is 0 Å². The number of halogens is 1. The first-order valence-corrected chi connectivity index (χ1v) is 7.44. The number of carbonyl (C=O) groups is 1. The summed E-state index contributed by atoms with van der Waals surface area (Å²) in [7, 11) is 1.59. The molecule has 4 nitrogen and oxygen atoms in total. The van der Waals surface area contributed by atoms with Gasteiger partial charge in [0.05, 0.1) is 6.10 Å². The van der Waals surface area contributed by atoms with Gasteiger partial charge in [-0.15, -0.1) is 0 Å². The minimum Gasteiger partial charge on any atom is -0.375 e.